The average Bonchev–Trinajstić information content (AvgIpc) is 2.87. The molecule has 0 aliphatic rings. The van der Waals surface area contributed by atoms with Crippen LogP contribution in [0.2, 0.25) is 0 Å². The molecule has 3 rings (SSSR count). The van der Waals surface area contributed by atoms with Crippen LogP contribution in [0.15, 0.2) is 79.0 Å². The molecule has 0 fully saturated rings. The number of carbonyl (C=O) groups excluding carboxylic acids is 2. The molecule has 0 radical (unpaired) electrons. The molecule has 0 spiro atoms. The van der Waals surface area contributed by atoms with Gasteiger partial charge in [0.1, 0.15) is 19.0 Å². The Morgan fingerprint density at radius 2 is 1.63 bits per heavy atom. The average molecular weight is 477 g/mol. The fraction of sp³-hybridized carbons (Fsp3) is 0.231. The molecule has 0 saturated heterocycles. The Bertz CT molecular complexity index is 1110. The Hall–Kier alpha value is -4.40. The standard InChI is InChI=1S/C26H28N4O5/c1-18(29-23-9-5-6-14-27-23)17-35-26(34)28-16-24(31)30-22(15-25(32)33)21-12-10-20(11-13-21)19-7-3-2-4-8-19/h2-14,18,22H,15-17H2,1H3,(H,27,29)(H,28,34)(H,30,31)(H,32,33). The number of hydrogen-bond acceptors (Lipinski definition) is 6. The van der Waals surface area contributed by atoms with Crippen LogP contribution in [-0.2, 0) is 14.3 Å². The van der Waals surface area contributed by atoms with Crippen LogP contribution in [0.3, 0.4) is 0 Å². The van der Waals surface area contributed by atoms with Gasteiger partial charge in [-0.2, -0.15) is 0 Å². The molecule has 0 aliphatic carbocycles. The topological polar surface area (TPSA) is 130 Å². The van der Waals surface area contributed by atoms with E-state index in [1.807, 2.05) is 55.5 Å². The Morgan fingerprint density at radius 3 is 2.29 bits per heavy atom. The van der Waals surface area contributed by atoms with Crippen molar-refractivity contribution in [2.45, 2.75) is 25.4 Å². The Balaban J connectivity index is 1.48. The van der Waals surface area contributed by atoms with Crippen molar-refractivity contribution in [1.29, 1.82) is 0 Å². The molecule has 2 unspecified atom stereocenters. The van der Waals surface area contributed by atoms with Crippen LogP contribution in [-0.4, -0.2) is 47.3 Å². The van der Waals surface area contributed by atoms with Gasteiger partial charge in [-0.15, -0.1) is 0 Å². The second-order valence-corrected chi connectivity index (χ2v) is 7.92. The van der Waals surface area contributed by atoms with Crippen LogP contribution in [0, 0.1) is 0 Å². The van der Waals surface area contributed by atoms with E-state index in [4.69, 9.17) is 4.74 Å². The maximum absolute atomic E-state index is 12.4. The van der Waals surface area contributed by atoms with Crippen LogP contribution in [0.4, 0.5) is 10.6 Å². The largest absolute Gasteiger partial charge is 0.481 e. The first-order valence-corrected chi connectivity index (χ1v) is 11.2. The SMILES string of the molecule is CC(COC(=O)NCC(=O)NC(CC(=O)O)c1ccc(-c2ccccc2)cc1)Nc1ccccn1. The number of pyridine rings is 1. The van der Waals surface area contributed by atoms with Gasteiger partial charge in [0.25, 0.3) is 0 Å². The zero-order valence-electron chi connectivity index (χ0n) is 19.3. The van der Waals surface area contributed by atoms with E-state index in [1.54, 1.807) is 30.5 Å². The van der Waals surface area contributed by atoms with Crippen molar-refractivity contribution in [3.8, 4) is 11.1 Å². The number of nitrogens with zero attached hydrogens (tertiary/aromatic N) is 1. The van der Waals surface area contributed by atoms with E-state index < -0.39 is 24.0 Å². The van der Waals surface area contributed by atoms with E-state index in [0.717, 1.165) is 11.1 Å². The molecule has 9 nitrogen and oxygen atoms in total. The van der Waals surface area contributed by atoms with Crippen molar-refractivity contribution in [1.82, 2.24) is 15.6 Å². The van der Waals surface area contributed by atoms with Crippen LogP contribution < -0.4 is 16.0 Å². The number of aromatic nitrogens is 1. The van der Waals surface area contributed by atoms with E-state index in [-0.39, 0.29) is 25.6 Å². The lowest BCUT2D eigenvalue weighted by Crippen LogP contribution is -2.40. The molecule has 182 valence electrons. The maximum atomic E-state index is 12.4. The number of alkyl carbamates (subject to hydrolysis) is 1. The third kappa shape index (κ3) is 8.47. The van der Waals surface area contributed by atoms with Crippen LogP contribution in [0.5, 0.6) is 0 Å². The number of anilines is 1. The summed E-state index contributed by atoms with van der Waals surface area (Å²) < 4.78 is 5.12. The summed E-state index contributed by atoms with van der Waals surface area (Å²) in [5.41, 5.74) is 2.66. The van der Waals surface area contributed by atoms with Gasteiger partial charge in [0.15, 0.2) is 0 Å². The monoisotopic (exact) mass is 476 g/mol. The predicted octanol–water partition coefficient (Wildman–Crippen LogP) is 3.61. The number of carboxylic acid groups (broad SMARTS) is 1. The summed E-state index contributed by atoms with van der Waals surface area (Å²) in [4.78, 5) is 39.8. The molecule has 9 heteroatoms. The van der Waals surface area contributed by atoms with Crippen LogP contribution >= 0.6 is 0 Å². The van der Waals surface area contributed by atoms with Gasteiger partial charge in [0.05, 0.1) is 18.5 Å². The maximum Gasteiger partial charge on any atom is 0.407 e. The van der Waals surface area contributed by atoms with Gasteiger partial charge in [0, 0.05) is 6.20 Å². The highest BCUT2D eigenvalue weighted by molar-refractivity contribution is 5.83. The molecular weight excluding hydrogens is 448 g/mol. The fourth-order valence-corrected chi connectivity index (χ4v) is 3.36. The van der Waals surface area contributed by atoms with Gasteiger partial charge in [-0.25, -0.2) is 9.78 Å². The number of rotatable bonds is 11. The molecular formula is C26H28N4O5. The molecule has 0 bridgehead atoms. The number of carboxylic acids is 1. The summed E-state index contributed by atoms with van der Waals surface area (Å²) in [6.07, 6.45) is 0.602. The van der Waals surface area contributed by atoms with Gasteiger partial charge in [0.2, 0.25) is 5.91 Å². The van der Waals surface area contributed by atoms with E-state index in [1.165, 1.54) is 0 Å². The Morgan fingerprint density at radius 1 is 0.943 bits per heavy atom. The first-order chi connectivity index (χ1) is 16.9. The van der Waals surface area contributed by atoms with Gasteiger partial charge in [-0.05, 0) is 35.7 Å². The molecule has 0 aliphatic heterocycles. The minimum absolute atomic E-state index is 0.0689. The van der Waals surface area contributed by atoms with E-state index in [2.05, 4.69) is 20.9 Å². The lowest BCUT2D eigenvalue weighted by Gasteiger charge is -2.18. The zero-order valence-corrected chi connectivity index (χ0v) is 19.3. The molecule has 1 aromatic heterocycles. The van der Waals surface area contributed by atoms with Crippen LogP contribution in [0.1, 0.15) is 24.9 Å². The predicted molar refractivity (Wildman–Crippen MR) is 132 cm³/mol. The molecule has 2 atom stereocenters. The highest BCUT2D eigenvalue weighted by Gasteiger charge is 2.19. The third-order valence-electron chi connectivity index (χ3n) is 5.05. The van der Waals surface area contributed by atoms with Crippen molar-refractivity contribution in [3.05, 3.63) is 84.6 Å². The number of amides is 2. The first-order valence-electron chi connectivity index (χ1n) is 11.2. The van der Waals surface area contributed by atoms with E-state index >= 15 is 0 Å². The first kappa shape index (κ1) is 25.2. The molecule has 2 amide bonds. The minimum atomic E-state index is -1.05. The molecule has 3 aromatic rings. The number of ether oxygens (including phenoxy) is 1. The van der Waals surface area contributed by atoms with E-state index in [0.29, 0.717) is 11.4 Å². The summed E-state index contributed by atoms with van der Waals surface area (Å²) >= 11 is 0. The fourth-order valence-electron chi connectivity index (χ4n) is 3.36. The summed E-state index contributed by atoms with van der Waals surface area (Å²) in [5, 5.41) is 17.4. The zero-order chi connectivity index (χ0) is 25.0. The normalized spacial score (nSPS) is 12.1. The van der Waals surface area contributed by atoms with Gasteiger partial charge < -0.3 is 25.8 Å². The van der Waals surface area contributed by atoms with Crippen molar-refractivity contribution in [3.63, 3.8) is 0 Å². The lowest BCUT2D eigenvalue weighted by molar-refractivity contribution is -0.137. The molecule has 1 heterocycles. The number of hydrogen-bond donors (Lipinski definition) is 4. The van der Waals surface area contributed by atoms with Crippen LogP contribution in [0.25, 0.3) is 11.1 Å². The van der Waals surface area contributed by atoms with Gasteiger partial charge >= 0.3 is 12.1 Å². The number of carbonyl (C=O) groups is 3. The smallest absolute Gasteiger partial charge is 0.407 e. The second-order valence-electron chi connectivity index (χ2n) is 7.92. The molecule has 35 heavy (non-hydrogen) atoms. The molecule has 0 saturated carbocycles. The van der Waals surface area contributed by atoms with Crippen molar-refractivity contribution in [2.24, 2.45) is 0 Å². The van der Waals surface area contributed by atoms with Gasteiger partial charge in [-0.1, -0.05) is 60.7 Å². The van der Waals surface area contributed by atoms with Crippen molar-refractivity contribution < 1.29 is 24.2 Å². The number of benzene rings is 2. The van der Waals surface area contributed by atoms with E-state index in [9.17, 15) is 19.5 Å². The summed E-state index contributed by atoms with van der Waals surface area (Å²) in [6.45, 7) is 1.55. The third-order valence-corrected chi connectivity index (χ3v) is 5.05. The highest BCUT2D eigenvalue weighted by atomic mass is 16.5. The lowest BCUT2D eigenvalue weighted by atomic mass is 9.99. The molecule has 4 N–H and O–H groups in total. The highest BCUT2D eigenvalue weighted by Crippen LogP contribution is 2.23. The molecule has 2 aromatic carbocycles. The summed E-state index contributed by atoms with van der Waals surface area (Å²) in [7, 11) is 0. The Kier molecular flexibility index (Phi) is 9.18. The second kappa shape index (κ2) is 12.7. The minimum Gasteiger partial charge on any atom is -0.481 e. The van der Waals surface area contributed by atoms with Crippen molar-refractivity contribution in [2.75, 3.05) is 18.5 Å². The summed E-state index contributed by atoms with van der Waals surface area (Å²) in [6, 6.07) is 21.6. The summed E-state index contributed by atoms with van der Waals surface area (Å²) in [5.74, 6) is -0.922. The quantitative estimate of drug-likeness (QED) is 0.333. The van der Waals surface area contributed by atoms with Crippen molar-refractivity contribution >= 4 is 23.8 Å². The number of aliphatic carboxylic acids is 1. The number of nitrogens with one attached hydrogen (secondary N) is 3. The Labute approximate surface area is 203 Å². The van der Waals surface area contributed by atoms with Gasteiger partial charge in [-0.3, -0.25) is 9.59 Å².